The zero-order chi connectivity index (χ0) is 19.4. The molecule has 3 rings (SSSR count). The van der Waals surface area contributed by atoms with Crippen LogP contribution in [0.2, 0.25) is 0 Å². The summed E-state index contributed by atoms with van der Waals surface area (Å²) in [5.41, 5.74) is 1.65. The van der Waals surface area contributed by atoms with Crippen LogP contribution in [0.5, 0.6) is 5.75 Å². The van der Waals surface area contributed by atoms with Gasteiger partial charge in [0.15, 0.2) is 0 Å². The van der Waals surface area contributed by atoms with Crippen molar-refractivity contribution in [3.63, 3.8) is 0 Å². The minimum atomic E-state index is -2.85. The summed E-state index contributed by atoms with van der Waals surface area (Å²) in [6, 6.07) is 7.99. The number of aromatic nitrogens is 2. The first-order valence-corrected chi connectivity index (χ1v) is 9.03. The summed E-state index contributed by atoms with van der Waals surface area (Å²) in [5.74, 6) is 1.83. The lowest BCUT2D eigenvalue weighted by molar-refractivity contribution is -0.0498. The first kappa shape index (κ1) is 19.3. The Labute approximate surface area is 157 Å². The fraction of sp³-hybridized carbons (Fsp3) is 0.474. The second kappa shape index (κ2) is 8.47. The molecule has 3 N–H and O–H groups in total. The second-order valence-electron chi connectivity index (χ2n) is 6.98. The van der Waals surface area contributed by atoms with E-state index in [1.165, 1.54) is 12.1 Å². The van der Waals surface area contributed by atoms with Gasteiger partial charge in [-0.2, -0.15) is 13.8 Å². The van der Waals surface area contributed by atoms with Crippen LogP contribution in [0.4, 0.5) is 26.2 Å². The van der Waals surface area contributed by atoms with Gasteiger partial charge < -0.3 is 20.5 Å². The van der Waals surface area contributed by atoms with Crippen LogP contribution in [0.25, 0.3) is 0 Å². The molecule has 2 aromatic rings. The third-order valence-corrected chi connectivity index (χ3v) is 4.41. The zero-order valence-corrected chi connectivity index (χ0v) is 15.3. The van der Waals surface area contributed by atoms with Crippen LogP contribution in [0.15, 0.2) is 30.3 Å². The molecule has 1 saturated carbocycles. The van der Waals surface area contributed by atoms with Crippen LogP contribution in [0.3, 0.4) is 0 Å². The van der Waals surface area contributed by atoms with Gasteiger partial charge in [-0.25, -0.2) is 4.98 Å². The lowest BCUT2D eigenvalue weighted by Gasteiger charge is -2.20. The number of rotatable bonds is 9. The molecular weight excluding hydrogens is 354 g/mol. The number of halogens is 2. The molecule has 0 aliphatic heterocycles. The predicted octanol–water partition coefficient (Wildman–Crippen LogP) is 4.13. The van der Waals surface area contributed by atoms with Crippen molar-refractivity contribution in [3.8, 4) is 5.75 Å². The summed E-state index contributed by atoms with van der Waals surface area (Å²) in [5, 5.41) is 15.9. The Morgan fingerprint density at radius 2 is 1.89 bits per heavy atom. The van der Waals surface area contributed by atoms with Gasteiger partial charge in [0.25, 0.3) is 0 Å². The maximum atomic E-state index is 12.2. The molecule has 0 bridgehead atoms. The van der Waals surface area contributed by atoms with Crippen LogP contribution in [0, 0.1) is 5.92 Å². The van der Waals surface area contributed by atoms with E-state index >= 15 is 0 Å². The summed E-state index contributed by atoms with van der Waals surface area (Å²) >= 11 is 0. The van der Waals surface area contributed by atoms with Crippen LogP contribution in [0.1, 0.15) is 38.3 Å². The van der Waals surface area contributed by atoms with Crippen LogP contribution in [-0.2, 0) is 0 Å². The maximum Gasteiger partial charge on any atom is 0.387 e. The highest BCUT2D eigenvalue weighted by Crippen LogP contribution is 2.40. The minimum Gasteiger partial charge on any atom is -0.435 e. The summed E-state index contributed by atoms with van der Waals surface area (Å²) in [6.07, 6.45) is 2.20. The zero-order valence-electron chi connectivity index (χ0n) is 15.3. The third kappa shape index (κ3) is 5.50. The van der Waals surface area contributed by atoms with Gasteiger partial charge in [0, 0.05) is 17.7 Å². The third-order valence-electron chi connectivity index (χ3n) is 4.41. The average Bonchev–Trinajstić information content (AvgIpc) is 3.45. The van der Waals surface area contributed by atoms with Crippen LogP contribution in [-0.4, -0.2) is 34.3 Å². The molecule has 1 aromatic carbocycles. The fourth-order valence-corrected chi connectivity index (χ4v) is 2.64. The summed E-state index contributed by atoms with van der Waals surface area (Å²) in [7, 11) is 0. The van der Waals surface area contributed by atoms with E-state index in [0.717, 1.165) is 18.5 Å². The Bertz CT molecular complexity index is 752. The normalized spacial score (nSPS) is 15.1. The Morgan fingerprint density at radius 3 is 2.44 bits per heavy atom. The molecule has 0 amide bonds. The summed E-state index contributed by atoms with van der Waals surface area (Å²) < 4.78 is 28.9. The lowest BCUT2D eigenvalue weighted by Crippen LogP contribution is -2.30. The molecule has 1 aliphatic carbocycles. The number of alkyl halides is 2. The van der Waals surface area contributed by atoms with Gasteiger partial charge in [-0.05, 0) is 43.0 Å². The number of nitrogens with zero attached hydrogens (tertiary/aromatic N) is 2. The second-order valence-corrected chi connectivity index (χ2v) is 6.98. The molecular formula is C19H24F2N4O2. The molecule has 1 atom stereocenters. The first-order chi connectivity index (χ1) is 12.9. The molecule has 6 nitrogen and oxygen atoms in total. The summed E-state index contributed by atoms with van der Waals surface area (Å²) in [6.45, 7) is 1.17. The average molecular weight is 378 g/mol. The van der Waals surface area contributed by atoms with Gasteiger partial charge in [0.05, 0.1) is 18.3 Å². The predicted molar refractivity (Wildman–Crippen MR) is 99.7 cm³/mol. The van der Waals surface area contributed by atoms with Crippen molar-refractivity contribution >= 4 is 17.5 Å². The SMILES string of the molecule is CC(C)[C@@H](CO)Nc1nc(Nc2ccc(OC(F)F)cc2)cc(C2CC2)n1. The van der Waals surface area contributed by atoms with E-state index in [4.69, 9.17) is 0 Å². The highest BCUT2D eigenvalue weighted by atomic mass is 19.3. The molecule has 8 heteroatoms. The number of ether oxygens (including phenoxy) is 1. The van der Waals surface area contributed by atoms with E-state index in [-0.39, 0.29) is 24.3 Å². The van der Waals surface area contributed by atoms with E-state index in [2.05, 4.69) is 25.3 Å². The van der Waals surface area contributed by atoms with Crippen molar-refractivity contribution in [2.75, 3.05) is 17.2 Å². The van der Waals surface area contributed by atoms with E-state index in [0.29, 0.717) is 23.4 Å². The molecule has 0 radical (unpaired) electrons. The van der Waals surface area contributed by atoms with Crippen molar-refractivity contribution in [1.82, 2.24) is 9.97 Å². The minimum absolute atomic E-state index is 0.0109. The number of benzene rings is 1. The Morgan fingerprint density at radius 1 is 1.19 bits per heavy atom. The van der Waals surface area contributed by atoms with Crippen molar-refractivity contribution in [2.45, 2.75) is 45.3 Å². The molecule has 1 heterocycles. The number of anilines is 3. The smallest absolute Gasteiger partial charge is 0.387 e. The van der Waals surface area contributed by atoms with Crippen molar-refractivity contribution in [1.29, 1.82) is 0 Å². The summed E-state index contributed by atoms with van der Waals surface area (Å²) in [4.78, 5) is 9.06. The maximum absolute atomic E-state index is 12.2. The van der Waals surface area contributed by atoms with Crippen LogP contribution < -0.4 is 15.4 Å². The van der Waals surface area contributed by atoms with Crippen LogP contribution >= 0.6 is 0 Å². The van der Waals surface area contributed by atoms with Gasteiger partial charge in [0.1, 0.15) is 11.6 Å². The van der Waals surface area contributed by atoms with Gasteiger partial charge in [-0.3, -0.25) is 0 Å². The molecule has 0 spiro atoms. The number of nitrogens with one attached hydrogen (secondary N) is 2. The Hall–Kier alpha value is -2.48. The number of hydrogen-bond acceptors (Lipinski definition) is 6. The van der Waals surface area contributed by atoms with E-state index in [1.807, 2.05) is 19.9 Å². The highest BCUT2D eigenvalue weighted by Gasteiger charge is 2.26. The van der Waals surface area contributed by atoms with Gasteiger partial charge >= 0.3 is 6.61 Å². The quantitative estimate of drug-likeness (QED) is 0.609. The lowest BCUT2D eigenvalue weighted by atomic mass is 10.1. The number of aliphatic hydroxyl groups is 1. The highest BCUT2D eigenvalue weighted by molar-refractivity contribution is 5.59. The molecule has 1 fully saturated rings. The van der Waals surface area contributed by atoms with E-state index < -0.39 is 6.61 Å². The molecule has 1 aliphatic rings. The Kier molecular flexibility index (Phi) is 6.05. The van der Waals surface area contributed by atoms with E-state index in [9.17, 15) is 13.9 Å². The van der Waals surface area contributed by atoms with Crippen molar-refractivity contribution in [2.24, 2.45) is 5.92 Å². The number of aliphatic hydroxyl groups excluding tert-OH is 1. The first-order valence-electron chi connectivity index (χ1n) is 9.03. The molecule has 27 heavy (non-hydrogen) atoms. The number of hydrogen-bond donors (Lipinski definition) is 3. The van der Waals surface area contributed by atoms with Gasteiger partial charge in [-0.15, -0.1) is 0 Å². The van der Waals surface area contributed by atoms with Crippen molar-refractivity contribution in [3.05, 3.63) is 36.0 Å². The van der Waals surface area contributed by atoms with Gasteiger partial charge in [0.2, 0.25) is 5.95 Å². The fourth-order valence-electron chi connectivity index (χ4n) is 2.64. The van der Waals surface area contributed by atoms with Gasteiger partial charge in [-0.1, -0.05) is 13.8 Å². The van der Waals surface area contributed by atoms with Crippen molar-refractivity contribution < 1.29 is 18.6 Å². The largest absolute Gasteiger partial charge is 0.435 e. The standard InChI is InChI=1S/C19H24F2N4O2/c1-11(2)16(10-26)24-19-23-15(12-3-4-12)9-17(25-19)22-13-5-7-14(8-6-13)27-18(20)21/h5-9,11-12,16,18,26H,3-4,10H2,1-2H3,(H2,22,23,24,25)/t16-/m1/s1. The van der Waals surface area contributed by atoms with E-state index in [1.54, 1.807) is 12.1 Å². The topological polar surface area (TPSA) is 79.3 Å². The molecule has 0 unspecified atom stereocenters. The monoisotopic (exact) mass is 378 g/mol. The molecule has 146 valence electrons. The molecule has 0 saturated heterocycles. The molecule has 1 aromatic heterocycles. The Balaban J connectivity index is 1.77.